The largest absolute Gasteiger partial charge is 0.461 e. The van der Waals surface area contributed by atoms with Crippen molar-refractivity contribution in [3.63, 3.8) is 0 Å². The highest BCUT2D eigenvalue weighted by atomic mass is 35.5. The minimum absolute atomic E-state index is 0. The van der Waals surface area contributed by atoms with Crippen LogP contribution in [0.3, 0.4) is 0 Å². The fourth-order valence-electron chi connectivity index (χ4n) is 4.00. The molecular weight excluding hydrogens is 354 g/mol. The summed E-state index contributed by atoms with van der Waals surface area (Å²) < 4.78 is 19.6. The van der Waals surface area contributed by atoms with Gasteiger partial charge in [0, 0.05) is 24.3 Å². The first kappa shape index (κ1) is 19.1. The topological polar surface area (TPSA) is 51.1 Å². The average molecular weight is 375 g/mol. The molecule has 4 rings (SSSR count). The molecule has 0 N–H and O–H groups in total. The molecule has 24 heavy (non-hydrogen) atoms. The van der Waals surface area contributed by atoms with Gasteiger partial charge in [-0.1, -0.05) is 6.92 Å². The third-order valence-corrected chi connectivity index (χ3v) is 4.89. The lowest BCUT2D eigenvalue weighted by molar-refractivity contribution is 0.107. The molecule has 2 aromatic heterocycles. The second-order valence-corrected chi connectivity index (χ2v) is 6.58. The molecule has 2 saturated heterocycles. The van der Waals surface area contributed by atoms with Crippen molar-refractivity contribution < 1.29 is 9.13 Å². The Kier molecular flexibility index (Phi) is 5.83. The Morgan fingerprint density at radius 3 is 3.00 bits per heavy atom. The summed E-state index contributed by atoms with van der Waals surface area (Å²) in [6.07, 6.45) is 7.81. The summed E-state index contributed by atoms with van der Waals surface area (Å²) in [5.74, 6) is 0.254. The lowest BCUT2D eigenvalue weighted by Gasteiger charge is -2.31. The zero-order valence-corrected chi connectivity index (χ0v) is 15.1. The predicted octanol–water partition coefficient (Wildman–Crippen LogP) is 3.26. The van der Waals surface area contributed by atoms with E-state index in [1.165, 1.54) is 6.42 Å². The second kappa shape index (κ2) is 7.33. The van der Waals surface area contributed by atoms with Crippen molar-refractivity contribution in [2.45, 2.75) is 31.7 Å². The molecule has 2 aliphatic rings. The summed E-state index contributed by atoms with van der Waals surface area (Å²) in [4.78, 5) is 14.7. The molecule has 0 aliphatic carbocycles. The minimum Gasteiger partial charge on any atom is -0.461 e. The van der Waals surface area contributed by atoms with E-state index in [0.29, 0.717) is 17.9 Å². The normalized spacial score (nSPS) is 25.8. The zero-order chi connectivity index (χ0) is 15.2. The highest BCUT2D eigenvalue weighted by Gasteiger charge is 2.47. The number of fused-ring (bicyclic) bond motifs is 2. The van der Waals surface area contributed by atoms with E-state index in [4.69, 9.17) is 4.74 Å². The lowest BCUT2D eigenvalue weighted by atomic mass is 9.92. The quantitative estimate of drug-likeness (QED) is 0.824. The van der Waals surface area contributed by atoms with Gasteiger partial charge in [-0.05, 0) is 31.7 Å². The molecule has 0 aromatic carbocycles. The number of rotatable bonds is 3. The molecule has 2 aliphatic heterocycles. The molecule has 0 radical (unpaired) electrons. The van der Waals surface area contributed by atoms with E-state index in [0.717, 1.165) is 32.1 Å². The van der Waals surface area contributed by atoms with Crippen LogP contribution in [0.1, 0.15) is 26.2 Å². The van der Waals surface area contributed by atoms with Gasteiger partial charge < -0.3 is 4.74 Å². The minimum atomic E-state index is -0.445. The van der Waals surface area contributed by atoms with Crippen molar-refractivity contribution in [3.05, 3.63) is 24.4 Å². The van der Waals surface area contributed by atoms with Gasteiger partial charge in [0.25, 0.3) is 0 Å². The van der Waals surface area contributed by atoms with Crippen molar-refractivity contribution in [2.75, 3.05) is 19.7 Å². The molecule has 132 valence electrons. The number of ether oxygens (including phenoxy) is 1. The second-order valence-electron chi connectivity index (χ2n) is 6.58. The first-order chi connectivity index (χ1) is 10.7. The zero-order valence-electron chi connectivity index (χ0n) is 13.4. The fourth-order valence-corrected chi connectivity index (χ4v) is 4.00. The number of nitrogens with zero attached hydrogens (tertiary/aromatic N) is 4. The van der Waals surface area contributed by atoms with Gasteiger partial charge in [0.2, 0.25) is 0 Å². The van der Waals surface area contributed by atoms with Crippen molar-refractivity contribution >= 4 is 35.7 Å². The Morgan fingerprint density at radius 2 is 2.17 bits per heavy atom. The van der Waals surface area contributed by atoms with Crippen molar-refractivity contribution in [3.8, 4) is 6.01 Å². The van der Waals surface area contributed by atoms with Crippen molar-refractivity contribution in [1.82, 2.24) is 19.9 Å². The monoisotopic (exact) mass is 374 g/mol. The Hall–Kier alpha value is -1.24. The summed E-state index contributed by atoms with van der Waals surface area (Å²) >= 11 is 0. The first-order valence-electron chi connectivity index (χ1n) is 7.80. The molecule has 0 amide bonds. The SMILES string of the molecule is CC1CN2CCCC2(COc2ncc3cncc(F)c3n2)C1.Cl.Cl. The van der Waals surface area contributed by atoms with Crippen LogP contribution in [-0.4, -0.2) is 45.1 Å². The van der Waals surface area contributed by atoms with Crippen molar-refractivity contribution in [2.24, 2.45) is 5.92 Å². The average Bonchev–Trinajstić information content (AvgIpc) is 3.01. The predicted molar refractivity (Wildman–Crippen MR) is 94.6 cm³/mol. The number of halogens is 3. The van der Waals surface area contributed by atoms with Crippen molar-refractivity contribution in [1.29, 1.82) is 0 Å². The summed E-state index contributed by atoms with van der Waals surface area (Å²) in [5, 5.41) is 0.586. The van der Waals surface area contributed by atoms with Crippen LogP contribution >= 0.6 is 24.8 Å². The molecule has 5 nitrogen and oxygen atoms in total. The molecule has 8 heteroatoms. The van der Waals surface area contributed by atoms with Crippen LogP contribution in [0, 0.1) is 11.7 Å². The first-order valence-corrected chi connectivity index (χ1v) is 7.80. The molecule has 0 bridgehead atoms. The van der Waals surface area contributed by atoms with Gasteiger partial charge in [-0.3, -0.25) is 9.88 Å². The third kappa shape index (κ3) is 3.27. The van der Waals surface area contributed by atoms with Crippen LogP contribution in [0.25, 0.3) is 10.9 Å². The van der Waals surface area contributed by atoms with E-state index < -0.39 is 5.82 Å². The molecule has 0 saturated carbocycles. The van der Waals surface area contributed by atoms with Gasteiger partial charge in [-0.15, -0.1) is 24.8 Å². The molecule has 2 atom stereocenters. The fraction of sp³-hybridized carbons (Fsp3) is 0.562. The smallest absolute Gasteiger partial charge is 0.317 e. The van der Waals surface area contributed by atoms with Crippen LogP contribution in [0.2, 0.25) is 0 Å². The Morgan fingerprint density at radius 1 is 1.33 bits per heavy atom. The summed E-state index contributed by atoms with van der Waals surface area (Å²) in [6.45, 7) is 5.15. The number of pyridine rings is 1. The van der Waals surface area contributed by atoms with Gasteiger partial charge in [-0.25, -0.2) is 9.37 Å². The highest BCUT2D eigenvalue weighted by molar-refractivity contribution is 5.85. The number of hydrogen-bond donors (Lipinski definition) is 0. The van der Waals surface area contributed by atoms with Gasteiger partial charge in [-0.2, -0.15) is 4.98 Å². The van der Waals surface area contributed by atoms with Gasteiger partial charge in [0.15, 0.2) is 5.82 Å². The molecule has 4 heterocycles. The van der Waals surface area contributed by atoms with Gasteiger partial charge in [0.05, 0.1) is 11.7 Å². The van der Waals surface area contributed by atoms with E-state index in [2.05, 4.69) is 26.8 Å². The maximum atomic E-state index is 13.8. The maximum absolute atomic E-state index is 13.8. The summed E-state index contributed by atoms with van der Waals surface area (Å²) in [7, 11) is 0. The van der Waals surface area contributed by atoms with E-state index in [1.54, 1.807) is 12.4 Å². The lowest BCUT2D eigenvalue weighted by Crippen LogP contribution is -2.43. The summed E-state index contributed by atoms with van der Waals surface area (Å²) in [6, 6.07) is 0.248. The maximum Gasteiger partial charge on any atom is 0.317 e. The molecule has 0 spiro atoms. The molecular formula is C16H21Cl2FN4O. The Bertz CT molecular complexity index is 720. The van der Waals surface area contributed by atoms with Gasteiger partial charge >= 0.3 is 6.01 Å². The molecule has 2 aromatic rings. The van der Waals surface area contributed by atoms with Crippen LogP contribution in [0.15, 0.2) is 18.6 Å². The van der Waals surface area contributed by atoms with Crippen LogP contribution in [0.5, 0.6) is 6.01 Å². The highest BCUT2D eigenvalue weighted by Crippen LogP contribution is 2.41. The van der Waals surface area contributed by atoms with E-state index in [1.807, 2.05) is 0 Å². The summed E-state index contributed by atoms with van der Waals surface area (Å²) in [5.41, 5.74) is 0.384. The standard InChI is InChI=1S/C16H19FN4O.2ClH/c1-11-5-16(3-2-4-21(16)9-11)10-22-15-19-7-12-6-18-8-13(17)14(12)20-15;;/h6-8,11H,2-5,9-10H2,1H3;2*1H. The van der Waals surface area contributed by atoms with Crippen LogP contribution in [-0.2, 0) is 0 Å². The van der Waals surface area contributed by atoms with Gasteiger partial charge in [0.1, 0.15) is 12.1 Å². The van der Waals surface area contributed by atoms with Crippen LogP contribution in [0.4, 0.5) is 4.39 Å². The Labute approximate surface area is 152 Å². The van der Waals surface area contributed by atoms with E-state index >= 15 is 0 Å². The molecule has 2 unspecified atom stereocenters. The number of aromatic nitrogens is 3. The Balaban J connectivity index is 0.00000104. The van der Waals surface area contributed by atoms with E-state index in [9.17, 15) is 4.39 Å². The van der Waals surface area contributed by atoms with E-state index in [-0.39, 0.29) is 41.9 Å². The molecule has 2 fully saturated rings. The number of hydrogen-bond acceptors (Lipinski definition) is 5. The third-order valence-electron chi connectivity index (χ3n) is 4.89. The van der Waals surface area contributed by atoms with Crippen LogP contribution < -0.4 is 4.74 Å².